The standard InChI is InChI=1S/C23H16N2O3/c1-14-8-9-25-13-17(23(27)24-20(25)10-14)11-16-12-21(26)28-22-18-5-3-2-4-15(18)6-7-19(16)22/h2-10,12-13H,11H2,1H3. The Balaban J connectivity index is 1.72. The van der Waals surface area contributed by atoms with E-state index in [1.807, 2.05) is 66.1 Å². The van der Waals surface area contributed by atoms with Crippen molar-refractivity contribution in [3.05, 3.63) is 104 Å². The van der Waals surface area contributed by atoms with Crippen molar-refractivity contribution in [3.63, 3.8) is 0 Å². The van der Waals surface area contributed by atoms with Gasteiger partial charge in [0, 0.05) is 41.2 Å². The van der Waals surface area contributed by atoms with E-state index in [9.17, 15) is 9.59 Å². The molecule has 0 radical (unpaired) electrons. The molecule has 0 aliphatic carbocycles. The summed E-state index contributed by atoms with van der Waals surface area (Å²) in [7, 11) is 0. The predicted octanol–water partition coefficient (Wildman–Crippen LogP) is 3.85. The maximum absolute atomic E-state index is 12.6. The fourth-order valence-electron chi connectivity index (χ4n) is 3.63. The van der Waals surface area contributed by atoms with Gasteiger partial charge in [0.2, 0.25) is 0 Å². The van der Waals surface area contributed by atoms with Gasteiger partial charge < -0.3 is 8.82 Å². The third-order valence-corrected chi connectivity index (χ3v) is 5.01. The van der Waals surface area contributed by atoms with Crippen molar-refractivity contribution in [2.24, 2.45) is 0 Å². The quantitative estimate of drug-likeness (QED) is 0.351. The van der Waals surface area contributed by atoms with Crippen molar-refractivity contribution in [1.82, 2.24) is 9.38 Å². The first kappa shape index (κ1) is 16.4. The number of hydrogen-bond acceptors (Lipinski definition) is 4. The molecule has 5 rings (SSSR count). The van der Waals surface area contributed by atoms with Gasteiger partial charge in [0.05, 0.1) is 0 Å². The first-order valence-corrected chi connectivity index (χ1v) is 9.01. The highest BCUT2D eigenvalue weighted by Crippen LogP contribution is 2.27. The lowest BCUT2D eigenvalue weighted by atomic mass is 10.0. The van der Waals surface area contributed by atoms with Gasteiger partial charge >= 0.3 is 5.63 Å². The summed E-state index contributed by atoms with van der Waals surface area (Å²) < 4.78 is 7.34. The maximum atomic E-state index is 12.6. The molecule has 0 saturated heterocycles. The van der Waals surface area contributed by atoms with Crippen LogP contribution in [-0.4, -0.2) is 9.38 Å². The Bertz CT molecular complexity index is 1500. The number of pyridine rings is 1. The highest BCUT2D eigenvalue weighted by Gasteiger charge is 2.12. The number of fused-ring (bicyclic) bond motifs is 4. The van der Waals surface area contributed by atoms with Gasteiger partial charge in [-0.25, -0.2) is 4.79 Å². The van der Waals surface area contributed by atoms with Crippen LogP contribution in [0.1, 0.15) is 16.7 Å². The molecule has 28 heavy (non-hydrogen) atoms. The van der Waals surface area contributed by atoms with E-state index < -0.39 is 5.63 Å². The van der Waals surface area contributed by atoms with Crippen LogP contribution in [0.5, 0.6) is 0 Å². The molecule has 3 aromatic heterocycles. The molecule has 0 aliphatic rings. The van der Waals surface area contributed by atoms with Crippen molar-refractivity contribution in [1.29, 1.82) is 0 Å². The fraction of sp³-hybridized carbons (Fsp3) is 0.0870. The Morgan fingerprint density at radius 1 is 0.964 bits per heavy atom. The molecular formula is C23H16N2O3. The van der Waals surface area contributed by atoms with Crippen LogP contribution in [0.2, 0.25) is 0 Å². The second kappa shape index (κ2) is 6.16. The van der Waals surface area contributed by atoms with Gasteiger partial charge in [0.15, 0.2) is 0 Å². The molecule has 0 N–H and O–H groups in total. The van der Waals surface area contributed by atoms with Crippen LogP contribution in [0.3, 0.4) is 0 Å². The summed E-state index contributed by atoms with van der Waals surface area (Å²) in [6.45, 7) is 1.96. The van der Waals surface area contributed by atoms with E-state index in [0.717, 1.165) is 27.3 Å². The fourth-order valence-corrected chi connectivity index (χ4v) is 3.63. The second-order valence-electron chi connectivity index (χ2n) is 6.97. The lowest BCUT2D eigenvalue weighted by molar-refractivity contribution is 0.562. The highest BCUT2D eigenvalue weighted by molar-refractivity contribution is 6.04. The molecule has 0 atom stereocenters. The second-order valence-corrected chi connectivity index (χ2v) is 6.97. The highest BCUT2D eigenvalue weighted by atomic mass is 16.4. The molecule has 0 spiro atoms. The zero-order valence-corrected chi connectivity index (χ0v) is 15.2. The van der Waals surface area contributed by atoms with E-state index in [1.54, 1.807) is 6.20 Å². The molecule has 5 heteroatoms. The molecule has 0 unspecified atom stereocenters. The largest absolute Gasteiger partial charge is 0.422 e. The van der Waals surface area contributed by atoms with Crippen LogP contribution in [-0.2, 0) is 6.42 Å². The smallest absolute Gasteiger partial charge is 0.336 e. The summed E-state index contributed by atoms with van der Waals surface area (Å²) in [6, 6.07) is 17.0. The molecular weight excluding hydrogens is 352 g/mol. The number of hydrogen-bond donors (Lipinski definition) is 0. The maximum Gasteiger partial charge on any atom is 0.336 e. The van der Waals surface area contributed by atoms with Gasteiger partial charge in [-0.3, -0.25) is 4.79 Å². The topological polar surface area (TPSA) is 64.6 Å². The zero-order valence-electron chi connectivity index (χ0n) is 15.2. The Morgan fingerprint density at radius 2 is 1.82 bits per heavy atom. The average molecular weight is 368 g/mol. The average Bonchev–Trinajstić information content (AvgIpc) is 2.68. The Morgan fingerprint density at radius 3 is 2.71 bits per heavy atom. The van der Waals surface area contributed by atoms with Crippen LogP contribution < -0.4 is 11.2 Å². The summed E-state index contributed by atoms with van der Waals surface area (Å²) in [5, 5.41) is 2.70. The monoisotopic (exact) mass is 368 g/mol. The van der Waals surface area contributed by atoms with Crippen molar-refractivity contribution in [3.8, 4) is 0 Å². The number of aromatic nitrogens is 2. The summed E-state index contributed by atoms with van der Waals surface area (Å²) in [6.07, 6.45) is 3.97. The Hall–Kier alpha value is -3.73. The van der Waals surface area contributed by atoms with E-state index >= 15 is 0 Å². The number of aryl methyl sites for hydroxylation is 1. The third-order valence-electron chi connectivity index (χ3n) is 5.01. The van der Waals surface area contributed by atoms with E-state index in [1.165, 1.54) is 6.07 Å². The van der Waals surface area contributed by atoms with Crippen molar-refractivity contribution < 1.29 is 4.42 Å². The van der Waals surface area contributed by atoms with Gasteiger partial charge in [-0.05, 0) is 35.6 Å². The van der Waals surface area contributed by atoms with Gasteiger partial charge in [-0.15, -0.1) is 0 Å². The SMILES string of the molecule is Cc1ccn2cc(Cc3cc(=O)oc4c3ccc3ccccc34)c(=O)nc2c1. The molecule has 0 saturated carbocycles. The van der Waals surface area contributed by atoms with Crippen LogP contribution in [0.25, 0.3) is 27.4 Å². The van der Waals surface area contributed by atoms with Crippen molar-refractivity contribution in [2.45, 2.75) is 13.3 Å². The Labute approximate surface area is 159 Å². The van der Waals surface area contributed by atoms with Gasteiger partial charge in [0.25, 0.3) is 5.56 Å². The molecule has 0 amide bonds. The molecule has 136 valence electrons. The Kier molecular flexibility index (Phi) is 3.62. The molecule has 0 fully saturated rings. The van der Waals surface area contributed by atoms with E-state index in [2.05, 4.69) is 4.98 Å². The number of rotatable bonds is 2. The number of nitrogens with zero attached hydrogens (tertiary/aromatic N) is 2. The number of benzene rings is 2. The van der Waals surface area contributed by atoms with Gasteiger partial charge in [0.1, 0.15) is 11.2 Å². The molecule has 3 heterocycles. The first-order valence-electron chi connectivity index (χ1n) is 9.01. The van der Waals surface area contributed by atoms with Gasteiger partial charge in [-0.2, -0.15) is 4.98 Å². The lowest BCUT2D eigenvalue weighted by Crippen LogP contribution is -2.16. The van der Waals surface area contributed by atoms with E-state index in [4.69, 9.17) is 4.42 Å². The molecule has 5 nitrogen and oxygen atoms in total. The first-order chi connectivity index (χ1) is 13.6. The van der Waals surface area contributed by atoms with Crippen LogP contribution in [0.4, 0.5) is 0 Å². The third kappa shape index (κ3) is 2.68. The molecule has 0 aliphatic heterocycles. The predicted molar refractivity (Wildman–Crippen MR) is 109 cm³/mol. The lowest BCUT2D eigenvalue weighted by Gasteiger charge is -2.09. The molecule has 0 bridgehead atoms. The van der Waals surface area contributed by atoms with Crippen molar-refractivity contribution >= 4 is 27.4 Å². The van der Waals surface area contributed by atoms with Crippen LogP contribution in [0.15, 0.2) is 81.0 Å². The normalized spacial score (nSPS) is 11.5. The minimum atomic E-state index is -0.427. The summed E-state index contributed by atoms with van der Waals surface area (Å²) in [5.74, 6) is 0. The minimum absolute atomic E-state index is 0.284. The molecule has 5 aromatic rings. The minimum Gasteiger partial charge on any atom is -0.422 e. The van der Waals surface area contributed by atoms with Crippen LogP contribution in [0, 0.1) is 6.92 Å². The van der Waals surface area contributed by atoms with E-state index in [-0.39, 0.29) is 5.56 Å². The van der Waals surface area contributed by atoms with Crippen molar-refractivity contribution in [2.75, 3.05) is 0 Å². The van der Waals surface area contributed by atoms with E-state index in [0.29, 0.717) is 23.2 Å². The summed E-state index contributed by atoms with van der Waals surface area (Å²) in [5.41, 5.74) is 2.76. The molecule has 2 aromatic carbocycles. The van der Waals surface area contributed by atoms with Crippen LogP contribution >= 0.6 is 0 Å². The zero-order chi connectivity index (χ0) is 19.3. The van der Waals surface area contributed by atoms with Gasteiger partial charge in [-0.1, -0.05) is 36.4 Å². The summed E-state index contributed by atoms with van der Waals surface area (Å²) in [4.78, 5) is 29.0. The summed E-state index contributed by atoms with van der Waals surface area (Å²) >= 11 is 0.